The molecule has 0 fully saturated rings. The Morgan fingerprint density at radius 2 is 2.06 bits per heavy atom. The van der Waals surface area contributed by atoms with Gasteiger partial charge in [-0.1, -0.05) is 26.3 Å². The van der Waals surface area contributed by atoms with Crippen molar-refractivity contribution < 1.29 is 4.79 Å². The Bertz CT molecular complexity index is 494. The van der Waals surface area contributed by atoms with Gasteiger partial charge >= 0.3 is 0 Å². The number of carbonyl (C=O) groups is 1. The van der Waals surface area contributed by atoms with Gasteiger partial charge in [0, 0.05) is 11.7 Å². The van der Waals surface area contributed by atoms with Gasteiger partial charge in [0.05, 0.1) is 6.42 Å². The smallest absolute Gasteiger partial charge is 0.228 e. The summed E-state index contributed by atoms with van der Waals surface area (Å²) in [6, 6.07) is 2.17. The van der Waals surface area contributed by atoms with Crippen LogP contribution in [0.5, 0.6) is 0 Å². The second-order valence-corrected chi connectivity index (χ2v) is 5.39. The lowest BCUT2D eigenvalue weighted by atomic mass is 9.87. The third-order valence-electron chi connectivity index (χ3n) is 4.25. The van der Waals surface area contributed by atoms with Gasteiger partial charge in [-0.15, -0.1) is 0 Å². The highest BCUT2D eigenvalue weighted by molar-refractivity contribution is 6.00. The van der Waals surface area contributed by atoms with Crippen LogP contribution in [0.2, 0.25) is 0 Å². The van der Waals surface area contributed by atoms with E-state index >= 15 is 0 Å². The number of carbonyl (C=O) groups excluding carboxylic acids is 1. The predicted octanol–water partition coefficient (Wildman–Crippen LogP) is 2.84. The van der Waals surface area contributed by atoms with E-state index in [4.69, 9.17) is 5.73 Å². The third-order valence-corrected chi connectivity index (χ3v) is 4.25. The molecule has 0 saturated carbocycles. The van der Waals surface area contributed by atoms with Gasteiger partial charge in [-0.05, 0) is 42.0 Å². The van der Waals surface area contributed by atoms with Gasteiger partial charge in [0.25, 0.3) is 0 Å². The first kappa shape index (κ1) is 13.1. The van der Waals surface area contributed by atoms with Crippen molar-refractivity contribution in [3.63, 3.8) is 0 Å². The number of nitrogens with two attached hydrogens (primary N) is 1. The zero-order valence-electron chi connectivity index (χ0n) is 11.6. The molecule has 3 nitrogen and oxygen atoms in total. The minimum Gasteiger partial charge on any atom is -0.325 e. The Balaban J connectivity index is 2.48. The van der Waals surface area contributed by atoms with Gasteiger partial charge in [-0.2, -0.15) is 0 Å². The Morgan fingerprint density at radius 3 is 2.67 bits per heavy atom. The number of anilines is 1. The van der Waals surface area contributed by atoms with Gasteiger partial charge in [0.2, 0.25) is 5.91 Å². The lowest BCUT2D eigenvalue weighted by molar-refractivity contribution is -0.115. The summed E-state index contributed by atoms with van der Waals surface area (Å²) >= 11 is 0. The normalized spacial score (nSPS) is 17.3. The largest absolute Gasteiger partial charge is 0.325 e. The van der Waals surface area contributed by atoms with Crippen LogP contribution >= 0.6 is 0 Å². The van der Waals surface area contributed by atoms with Crippen molar-refractivity contribution in [2.24, 2.45) is 11.7 Å². The SMILES string of the molecule is CCC(C)C(N)c1cc2c(c(C)c1C)NC(=O)C2. The lowest BCUT2D eigenvalue weighted by Gasteiger charge is -2.23. The van der Waals surface area contributed by atoms with Crippen LogP contribution in [0, 0.1) is 19.8 Å². The molecule has 1 aromatic carbocycles. The standard InChI is InChI=1S/C15H22N2O/c1-5-8(2)14(16)12-6-11-7-13(18)17-15(11)10(4)9(12)3/h6,8,14H,5,7,16H2,1-4H3,(H,17,18). The maximum absolute atomic E-state index is 11.5. The summed E-state index contributed by atoms with van der Waals surface area (Å²) in [5.74, 6) is 0.535. The van der Waals surface area contributed by atoms with Crippen molar-refractivity contribution in [1.82, 2.24) is 0 Å². The molecule has 0 radical (unpaired) electrons. The summed E-state index contributed by atoms with van der Waals surface area (Å²) in [4.78, 5) is 11.5. The van der Waals surface area contributed by atoms with E-state index in [-0.39, 0.29) is 11.9 Å². The molecular formula is C15H22N2O. The zero-order chi connectivity index (χ0) is 13.4. The average Bonchev–Trinajstić information content (AvgIpc) is 2.73. The maximum atomic E-state index is 11.5. The first-order chi connectivity index (χ1) is 8.45. The highest BCUT2D eigenvalue weighted by atomic mass is 16.1. The lowest BCUT2D eigenvalue weighted by Crippen LogP contribution is -2.20. The van der Waals surface area contributed by atoms with E-state index < -0.39 is 0 Å². The Kier molecular flexibility index (Phi) is 3.44. The van der Waals surface area contributed by atoms with Gasteiger partial charge < -0.3 is 11.1 Å². The molecule has 1 amide bonds. The number of fused-ring (bicyclic) bond motifs is 1. The molecule has 3 N–H and O–H groups in total. The summed E-state index contributed by atoms with van der Waals surface area (Å²) < 4.78 is 0. The molecule has 1 aliphatic heterocycles. The fourth-order valence-electron chi connectivity index (χ4n) is 2.59. The van der Waals surface area contributed by atoms with E-state index in [0.29, 0.717) is 12.3 Å². The van der Waals surface area contributed by atoms with Crippen molar-refractivity contribution in [1.29, 1.82) is 0 Å². The Labute approximate surface area is 109 Å². The molecule has 0 aromatic heterocycles. The molecule has 0 saturated heterocycles. The predicted molar refractivity (Wildman–Crippen MR) is 74.6 cm³/mol. The van der Waals surface area contributed by atoms with Crippen LogP contribution in [0.15, 0.2) is 6.07 Å². The van der Waals surface area contributed by atoms with Crippen molar-refractivity contribution in [3.05, 3.63) is 28.3 Å². The van der Waals surface area contributed by atoms with E-state index in [1.807, 2.05) is 0 Å². The highest BCUT2D eigenvalue weighted by Crippen LogP contribution is 2.35. The van der Waals surface area contributed by atoms with Gasteiger partial charge in [0.1, 0.15) is 0 Å². The Hall–Kier alpha value is -1.35. The van der Waals surface area contributed by atoms with Crippen LogP contribution in [0.4, 0.5) is 5.69 Å². The summed E-state index contributed by atoms with van der Waals surface area (Å²) in [7, 11) is 0. The summed E-state index contributed by atoms with van der Waals surface area (Å²) in [6.07, 6.45) is 1.55. The second-order valence-electron chi connectivity index (χ2n) is 5.39. The van der Waals surface area contributed by atoms with Crippen LogP contribution in [0.1, 0.15) is 48.6 Å². The van der Waals surface area contributed by atoms with Crippen LogP contribution in [0.3, 0.4) is 0 Å². The molecule has 0 spiro atoms. The monoisotopic (exact) mass is 246 g/mol. The van der Waals surface area contributed by atoms with Crippen molar-refractivity contribution in [2.75, 3.05) is 5.32 Å². The van der Waals surface area contributed by atoms with Gasteiger partial charge in [-0.3, -0.25) is 4.79 Å². The quantitative estimate of drug-likeness (QED) is 0.861. The van der Waals surface area contributed by atoms with E-state index in [1.54, 1.807) is 0 Å². The first-order valence-electron chi connectivity index (χ1n) is 6.64. The minimum absolute atomic E-state index is 0.0507. The first-order valence-corrected chi connectivity index (χ1v) is 6.64. The number of rotatable bonds is 3. The number of hydrogen-bond acceptors (Lipinski definition) is 2. The fourth-order valence-corrected chi connectivity index (χ4v) is 2.59. The van der Waals surface area contributed by atoms with E-state index in [9.17, 15) is 4.79 Å². The molecule has 0 aliphatic carbocycles. The number of hydrogen-bond donors (Lipinski definition) is 2. The van der Waals surface area contributed by atoms with E-state index in [0.717, 1.165) is 23.2 Å². The van der Waals surface area contributed by atoms with Crippen molar-refractivity contribution >= 4 is 11.6 Å². The second kappa shape index (κ2) is 4.73. The van der Waals surface area contributed by atoms with Crippen LogP contribution < -0.4 is 11.1 Å². The summed E-state index contributed by atoms with van der Waals surface area (Å²) in [5.41, 5.74) is 12.0. The number of benzene rings is 1. The molecule has 3 heteroatoms. The molecule has 1 heterocycles. The average molecular weight is 246 g/mol. The van der Waals surface area contributed by atoms with E-state index in [2.05, 4.69) is 39.1 Å². The van der Waals surface area contributed by atoms with Crippen molar-refractivity contribution in [3.8, 4) is 0 Å². The van der Waals surface area contributed by atoms with Crippen LogP contribution in [-0.2, 0) is 11.2 Å². The minimum atomic E-state index is 0.0507. The van der Waals surface area contributed by atoms with Gasteiger partial charge in [0.15, 0.2) is 0 Å². The zero-order valence-corrected chi connectivity index (χ0v) is 11.6. The molecule has 18 heavy (non-hydrogen) atoms. The van der Waals surface area contributed by atoms with Gasteiger partial charge in [-0.25, -0.2) is 0 Å². The molecule has 1 aromatic rings. The summed E-state index contributed by atoms with van der Waals surface area (Å²) in [5, 5.41) is 2.94. The maximum Gasteiger partial charge on any atom is 0.228 e. The number of nitrogens with one attached hydrogen (secondary N) is 1. The number of amides is 1. The van der Waals surface area contributed by atoms with E-state index in [1.165, 1.54) is 11.1 Å². The van der Waals surface area contributed by atoms with Crippen LogP contribution in [-0.4, -0.2) is 5.91 Å². The third kappa shape index (κ3) is 2.03. The molecule has 0 bridgehead atoms. The molecule has 2 rings (SSSR count). The van der Waals surface area contributed by atoms with Crippen molar-refractivity contribution in [2.45, 2.75) is 46.6 Å². The summed E-state index contributed by atoms with van der Waals surface area (Å²) in [6.45, 7) is 8.49. The molecule has 2 atom stereocenters. The highest BCUT2D eigenvalue weighted by Gasteiger charge is 2.25. The Morgan fingerprint density at radius 1 is 1.39 bits per heavy atom. The molecule has 2 unspecified atom stereocenters. The topological polar surface area (TPSA) is 55.1 Å². The molecule has 1 aliphatic rings. The molecular weight excluding hydrogens is 224 g/mol. The van der Waals surface area contributed by atoms with Crippen LogP contribution in [0.25, 0.3) is 0 Å². The fraction of sp³-hybridized carbons (Fsp3) is 0.533. The molecule has 98 valence electrons.